The van der Waals surface area contributed by atoms with Crippen molar-refractivity contribution in [3.05, 3.63) is 54.0 Å². The number of sulfonamides is 1. The van der Waals surface area contributed by atoms with Crippen LogP contribution < -0.4 is 14.2 Å². The Bertz CT molecular complexity index is 1540. The lowest BCUT2D eigenvalue weighted by atomic mass is 10.1. The first-order valence-electron chi connectivity index (χ1n) is 11.8. The van der Waals surface area contributed by atoms with Crippen LogP contribution >= 0.6 is 0 Å². The number of ether oxygens (including phenoxy) is 2. The summed E-state index contributed by atoms with van der Waals surface area (Å²) < 4.78 is 42.3. The van der Waals surface area contributed by atoms with Crippen LogP contribution in [-0.2, 0) is 10.0 Å². The predicted molar refractivity (Wildman–Crippen MR) is 150 cm³/mol. The van der Waals surface area contributed by atoms with E-state index in [1.54, 1.807) is 44.3 Å². The second-order valence-electron chi connectivity index (χ2n) is 8.76. The van der Waals surface area contributed by atoms with E-state index >= 15 is 0 Å². The minimum atomic E-state index is -4.07. The number of benzene rings is 1. The number of para-hydroxylation sites is 1. The molecule has 39 heavy (non-hydrogen) atoms. The number of nitrogens with one attached hydrogen (secondary N) is 1. The highest BCUT2D eigenvalue weighted by Gasteiger charge is 2.32. The lowest BCUT2D eigenvalue weighted by molar-refractivity contribution is 0.391. The van der Waals surface area contributed by atoms with Gasteiger partial charge in [-0.1, -0.05) is 18.6 Å². The van der Waals surface area contributed by atoms with Gasteiger partial charge in [0.05, 0.1) is 25.0 Å². The zero-order valence-electron chi connectivity index (χ0n) is 22.6. The maximum Gasteiger partial charge on any atom is 0.243 e. The lowest BCUT2D eigenvalue weighted by Gasteiger charge is -2.21. The van der Waals surface area contributed by atoms with Gasteiger partial charge in [0.25, 0.3) is 0 Å². The summed E-state index contributed by atoms with van der Waals surface area (Å²) in [6, 6.07) is 8.72. The summed E-state index contributed by atoms with van der Waals surface area (Å²) in [5.74, 6) is 0.496. The molecule has 1 N–H and O–H groups in total. The average Bonchev–Trinajstić information content (AvgIpc) is 3.34. The number of aliphatic imine (C=N–C) groups is 2. The van der Waals surface area contributed by atoms with Gasteiger partial charge in [0.2, 0.25) is 16.0 Å². The number of nitriles is 1. The molecule has 0 bridgehead atoms. The van der Waals surface area contributed by atoms with E-state index in [1.165, 1.54) is 31.2 Å². The Balaban J connectivity index is 2.19. The molecular weight excluding hydrogens is 520 g/mol. The van der Waals surface area contributed by atoms with Crippen molar-refractivity contribution >= 4 is 28.5 Å². The van der Waals surface area contributed by atoms with Crippen molar-refractivity contribution < 1.29 is 17.9 Å². The van der Waals surface area contributed by atoms with E-state index < -0.39 is 21.2 Å². The van der Waals surface area contributed by atoms with Gasteiger partial charge in [0.15, 0.2) is 5.82 Å². The Morgan fingerprint density at radius 2 is 1.85 bits per heavy atom. The molecule has 3 aromatic rings. The molecule has 3 rings (SSSR count). The molecule has 1 aromatic carbocycles. The van der Waals surface area contributed by atoms with Gasteiger partial charge in [0.1, 0.15) is 29.1 Å². The summed E-state index contributed by atoms with van der Waals surface area (Å²) in [5.41, 5.74) is 1.99. The predicted octanol–water partition coefficient (Wildman–Crippen LogP) is 4.01. The van der Waals surface area contributed by atoms with Gasteiger partial charge in [-0.3, -0.25) is 14.3 Å². The first-order valence-corrected chi connectivity index (χ1v) is 13.3. The third-order valence-corrected chi connectivity index (χ3v) is 7.72. The quantitative estimate of drug-likeness (QED) is 0.293. The van der Waals surface area contributed by atoms with Crippen LogP contribution in [0.15, 0.2) is 58.4 Å². The van der Waals surface area contributed by atoms with E-state index in [0.717, 1.165) is 5.57 Å². The van der Waals surface area contributed by atoms with Crippen LogP contribution in [0, 0.1) is 17.2 Å². The molecule has 12 nitrogen and oxygen atoms in total. The van der Waals surface area contributed by atoms with Crippen LogP contribution in [0.1, 0.15) is 33.3 Å². The smallest absolute Gasteiger partial charge is 0.243 e. The van der Waals surface area contributed by atoms with Crippen molar-refractivity contribution in [3.8, 4) is 34.6 Å². The molecule has 0 aliphatic rings. The molecule has 204 valence electrons. The summed E-state index contributed by atoms with van der Waals surface area (Å²) in [7, 11) is -1.12. The number of aromatic nitrogens is 4. The van der Waals surface area contributed by atoms with Crippen molar-refractivity contribution in [2.24, 2.45) is 15.9 Å². The number of pyridine rings is 1. The molecule has 0 amide bonds. The molecule has 0 aliphatic carbocycles. The Kier molecular flexibility index (Phi) is 9.16. The number of hydrogen-bond donors (Lipinski definition) is 1. The van der Waals surface area contributed by atoms with Crippen LogP contribution in [0.4, 0.5) is 5.95 Å². The van der Waals surface area contributed by atoms with Gasteiger partial charge in [-0.15, -0.1) is 10.2 Å². The lowest BCUT2D eigenvalue weighted by Crippen LogP contribution is -2.35. The molecule has 0 unspecified atom stereocenters. The SMILES string of the molecule is C=NC(=NC=C(C)C)[C@@H](C)[C@H](C)S(=O)(=O)Nc1nnc(-c2cncc(C#N)c2)n1-c1c(OC)cccc1OC. The van der Waals surface area contributed by atoms with Crippen LogP contribution in [0.25, 0.3) is 17.1 Å². The van der Waals surface area contributed by atoms with Crippen molar-refractivity contribution in [2.45, 2.75) is 32.9 Å². The Morgan fingerprint density at radius 3 is 2.41 bits per heavy atom. The number of amidine groups is 1. The monoisotopic (exact) mass is 550 g/mol. The molecular formula is C26H30N8O4S. The van der Waals surface area contributed by atoms with Crippen LogP contribution in [0.5, 0.6) is 11.5 Å². The Hall–Kier alpha value is -4.57. The highest BCUT2D eigenvalue weighted by atomic mass is 32.2. The maximum atomic E-state index is 13.6. The van der Waals surface area contributed by atoms with E-state index in [1.807, 2.05) is 19.9 Å². The first-order chi connectivity index (χ1) is 18.6. The van der Waals surface area contributed by atoms with Gasteiger partial charge in [-0.2, -0.15) is 5.26 Å². The first kappa shape index (κ1) is 29.0. The summed E-state index contributed by atoms with van der Waals surface area (Å²) >= 11 is 0. The molecule has 2 aromatic heterocycles. The second-order valence-corrected chi connectivity index (χ2v) is 10.8. The molecule has 0 saturated heterocycles. The number of methoxy groups -OCH3 is 2. The number of anilines is 1. The number of rotatable bonds is 10. The van der Waals surface area contributed by atoms with Gasteiger partial charge in [0, 0.05) is 30.1 Å². The number of nitrogens with zero attached hydrogens (tertiary/aromatic N) is 7. The van der Waals surface area contributed by atoms with Crippen LogP contribution in [0.2, 0.25) is 0 Å². The zero-order chi connectivity index (χ0) is 28.7. The van der Waals surface area contributed by atoms with Crippen molar-refractivity contribution in [1.82, 2.24) is 19.7 Å². The normalized spacial score (nSPS) is 13.1. The molecule has 0 saturated carbocycles. The third-order valence-electron chi connectivity index (χ3n) is 5.87. The molecule has 0 aliphatic heterocycles. The minimum absolute atomic E-state index is 0.122. The highest BCUT2D eigenvalue weighted by molar-refractivity contribution is 7.93. The van der Waals surface area contributed by atoms with E-state index in [4.69, 9.17) is 9.47 Å². The third kappa shape index (κ3) is 6.29. The molecule has 0 radical (unpaired) electrons. The summed E-state index contributed by atoms with van der Waals surface area (Å²) in [6.45, 7) is 10.5. The summed E-state index contributed by atoms with van der Waals surface area (Å²) in [5, 5.41) is 16.8. The highest BCUT2D eigenvalue weighted by Crippen LogP contribution is 2.38. The Labute approximate surface area is 227 Å². The standard InChI is InChI=1S/C26H30N8O4S/c1-16(2)13-30-24(28-5)17(3)18(4)39(35,36)33-26-32-31-25(20-11-19(12-27)14-29-15-20)34(26)23-21(37-6)9-8-10-22(23)38-7/h8-11,13-15,17-18H,5H2,1-4,6-7H3,(H,32,33)/t17-,18-/m0/s1. The van der Waals surface area contributed by atoms with Gasteiger partial charge >= 0.3 is 0 Å². The van der Waals surface area contributed by atoms with Crippen LogP contribution in [-0.4, -0.2) is 60.2 Å². The topological polar surface area (TPSA) is 157 Å². The molecule has 13 heteroatoms. The summed E-state index contributed by atoms with van der Waals surface area (Å²) in [6.07, 6.45) is 4.50. The maximum absolute atomic E-state index is 13.6. The fourth-order valence-electron chi connectivity index (χ4n) is 3.62. The van der Waals surface area contributed by atoms with E-state index in [-0.39, 0.29) is 17.6 Å². The molecule has 0 spiro atoms. The van der Waals surface area contributed by atoms with E-state index in [0.29, 0.717) is 28.3 Å². The fourth-order valence-corrected chi connectivity index (χ4v) is 4.85. The fraction of sp³-hybridized carbons (Fsp3) is 0.308. The second kappa shape index (κ2) is 12.3. The van der Waals surface area contributed by atoms with Crippen molar-refractivity contribution in [2.75, 3.05) is 18.9 Å². The molecule has 2 heterocycles. The number of hydrogen-bond acceptors (Lipinski definition) is 9. The van der Waals surface area contributed by atoms with Crippen LogP contribution in [0.3, 0.4) is 0 Å². The summed E-state index contributed by atoms with van der Waals surface area (Å²) in [4.78, 5) is 12.3. The van der Waals surface area contributed by atoms with Crippen molar-refractivity contribution in [1.29, 1.82) is 5.26 Å². The van der Waals surface area contributed by atoms with Crippen molar-refractivity contribution in [3.63, 3.8) is 0 Å². The molecule has 2 atom stereocenters. The zero-order valence-corrected chi connectivity index (χ0v) is 23.4. The average molecular weight is 551 g/mol. The number of allylic oxidation sites excluding steroid dienone is 1. The van der Waals surface area contributed by atoms with E-state index in [2.05, 4.69) is 36.6 Å². The van der Waals surface area contributed by atoms with Gasteiger partial charge < -0.3 is 9.47 Å². The van der Waals surface area contributed by atoms with Gasteiger partial charge in [-0.05, 0) is 45.7 Å². The minimum Gasteiger partial charge on any atom is -0.494 e. The Morgan fingerprint density at radius 1 is 1.18 bits per heavy atom. The van der Waals surface area contributed by atoms with E-state index in [9.17, 15) is 13.7 Å². The largest absolute Gasteiger partial charge is 0.494 e. The van der Waals surface area contributed by atoms with Gasteiger partial charge in [-0.25, -0.2) is 18.4 Å². The molecule has 0 fully saturated rings.